The van der Waals surface area contributed by atoms with Crippen molar-refractivity contribution in [3.8, 4) is 6.07 Å². The van der Waals surface area contributed by atoms with Crippen LogP contribution in [0.25, 0.3) is 0 Å². The first-order chi connectivity index (χ1) is 8.60. The van der Waals surface area contributed by atoms with Gasteiger partial charge in [0.05, 0.1) is 6.07 Å². The van der Waals surface area contributed by atoms with Crippen molar-refractivity contribution in [1.29, 1.82) is 5.26 Å². The molecule has 1 aliphatic rings. The van der Waals surface area contributed by atoms with Crippen LogP contribution in [0.1, 0.15) is 65.2 Å². The van der Waals surface area contributed by atoms with Gasteiger partial charge in [-0.3, -0.25) is 4.79 Å². The minimum absolute atomic E-state index is 0.0939. The number of nitriles is 1. The highest BCUT2D eigenvalue weighted by Crippen LogP contribution is 2.43. The van der Waals surface area contributed by atoms with Crippen LogP contribution in [0, 0.1) is 22.7 Å². The van der Waals surface area contributed by atoms with Gasteiger partial charge in [0.1, 0.15) is 0 Å². The van der Waals surface area contributed by atoms with E-state index in [1.807, 2.05) is 0 Å². The Labute approximate surface area is 111 Å². The number of hydrogen-bond donors (Lipinski definition) is 1. The SMILES string of the molecule is CC(C)CC1(C(=O)NCCCCC#N)CCCC1. The van der Waals surface area contributed by atoms with Crippen LogP contribution < -0.4 is 5.32 Å². The minimum atomic E-state index is -0.0939. The van der Waals surface area contributed by atoms with Crippen molar-refractivity contribution < 1.29 is 4.79 Å². The van der Waals surface area contributed by atoms with Gasteiger partial charge in [0.25, 0.3) is 0 Å². The van der Waals surface area contributed by atoms with Gasteiger partial charge >= 0.3 is 0 Å². The van der Waals surface area contributed by atoms with Crippen molar-refractivity contribution in [3.05, 3.63) is 0 Å². The molecule has 0 aromatic carbocycles. The van der Waals surface area contributed by atoms with E-state index in [4.69, 9.17) is 5.26 Å². The number of carbonyl (C=O) groups excluding carboxylic acids is 1. The van der Waals surface area contributed by atoms with Crippen LogP contribution in [0.4, 0.5) is 0 Å². The molecule has 0 aliphatic heterocycles. The highest BCUT2D eigenvalue weighted by molar-refractivity contribution is 5.82. The standard InChI is InChI=1S/C15H26N2O/c1-13(2)12-15(8-4-5-9-15)14(18)17-11-7-3-6-10-16/h13H,3-9,11-12H2,1-2H3,(H,17,18). The molecule has 0 unspecified atom stereocenters. The van der Waals surface area contributed by atoms with Gasteiger partial charge in [0.15, 0.2) is 0 Å². The molecular weight excluding hydrogens is 224 g/mol. The van der Waals surface area contributed by atoms with E-state index in [0.29, 0.717) is 12.3 Å². The summed E-state index contributed by atoms with van der Waals surface area (Å²) in [4.78, 5) is 12.4. The maximum absolute atomic E-state index is 12.4. The zero-order valence-electron chi connectivity index (χ0n) is 11.8. The number of unbranched alkanes of at least 4 members (excludes halogenated alkanes) is 2. The molecule has 102 valence electrons. The molecule has 1 amide bonds. The molecule has 0 aromatic heterocycles. The molecule has 0 atom stereocenters. The van der Waals surface area contributed by atoms with Crippen LogP contribution in [-0.2, 0) is 4.79 Å². The maximum Gasteiger partial charge on any atom is 0.226 e. The van der Waals surface area contributed by atoms with E-state index in [1.165, 1.54) is 12.8 Å². The Balaban J connectivity index is 2.39. The Morgan fingerprint density at radius 2 is 2.00 bits per heavy atom. The third-order valence-corrected chi connectivity index (χ3v) is 3.84. The van der Waals surface area contributed by atoms with Crippen molar-refractivity contribution in [2.75, 3.05) is 6.54 Å². The first-order valence-electron chi connectivity index (χ1n) is 7.26. The lowest BCUT2D eigenvalue weighted by Crippen LogP contribution is -2.40. The van der Waals surface area contributed by atoms with Gasteiger partial charge in [-0.05, 0) is 38.0 Å². The van der Waals surface area contributed by atoms with E-state index in [0.717, 1.165) is 38.6 Å². The summed E-state index contributed by atoms with van der Waals surface area (Å²) in [5, 5.41) is 11.5. The third-order valence-electron chi connectivity index (χ3n) is 3.84. The quantitative estimate of drug-likeness (QED) is 0.704. The third kappa shape index (κ3) is 4.33. The van der Waals surface area contributed by atoms with Gasteiger partial charge in [-0.25, -0.2) is 0 Å². The van der Waals surface area contributed by atoms with Crippen LogP contribution in [0.2, 0.25) is 0 Å². The molecule has 1 fully saturated rings. The van der Waals surface area contributed by atoms with Gasteiger partial charge in [-0.1, -0.05) is 26.7 Å². The number of nitrogens with zero attached hydrogens (tertiary/aromatic N) is 1. The average molecular weight is 250 g/mol. The predicted molar refractivity (Wildman–Crippen MR) is 72.8 cm³/mol. The molecule has 0 spiro atoms. The van der Waals surface area contributed by atoms with Crippen molar-refractivity contribution in [2.45, 2.75) is 65.2 Å². The van der Waals surface area contributed by atoms with Crippen LogP contribution in [0.5, 0.6) is 0 Å². The lowest BCUT2D eigenvalue weighted by molar-refractivity contribution is -0.131. The lowest BCUT2D eigenvalue weighted by atomic mass is 9.77. The smallest absolute Gasteiger partial charge is 0.226 e. The summed E-state index contributed by atoms with van der Waals surface area (Å²) in [5.74, 6) is 0.832. The molecule has 1 rings (SSSR count). The first kappa shape index (κ1) is 15.0. The van der Waals surface area contributed by atoms with E-state index in [1.54, 1.807) is 0 Å². The second-order valence-corrected chi connectivity index (χ2v) is 5.96. The normalized spacial score (nSPS) is 17.7. The van der Waals surface area contributed by atoms with Gasteiger partial charge in [0, 0.05) is 18.4 Å². The topological polar surface area (TPSA) is 52.9 Å². The monoisotopic (exact) mass is 250 g/mol. The summed E-state index contributed by atoms with van der Waals surface area (Å²) in [5.41, 5.74) is -0.0939. The summed E-state index contributed by atoms with van der Waals surface area (Å²) >= 11 is 0. The number of nitrogens with one attached hydrogen (secondary N) is 1. The molecule has 0 radical (unpaired) electrons. The predicted octanol–water partition coefficient (Wildman–Crippen LogP) is 3.40. The molecule has 0 saturated heterocycles. The molecule has 1 N–H and O–H groups in total. The number of amides is 1. The molecule has 3 heteroatoms. The Hall–Kier alpha value is -1.04. The number of carbonyl (C=O) groups is 1. The Bertz CT molecular complexity index is 298. The fourth-order valence-corrected chi connectivity index (χ4v) is 3.08. The van der Waals surface area contributed by atoms with Gasteiger partial charge in [-0.2, -0.15) is 5.26 Å². The number of rotatable bonds is 7. The Kier molecular flexibility index (Phi) is 6.18. The Morgan fingerprint density at radius 3 is 2.56 bits per heavy atom. The van der Waals surface area contributed by atoms with E-state index in [-0.39, 0.29) is 11.3 Å². The van der Waals surface area contributed by atoms with Crippen LogP contribution >= 0.6 is 0 Å². The van der Waals surface area contributed by atoms with Crippen LogP contribution in [0.3, 0.4) is 0 Å². The molecule has 1 aliphatic carbocycles. The van der Waals surface area contributed by atoms with E-state index >= 15 is 0 Å². The van der Waals surface area contributed by atoms with E-state index in [9.17, 15) is 4.79 Å². The molecule has 18 heavy (non-hydrogen) atoms. The van der Waals surface area contributed by atoms with E-state index in [2.05, 4.69) is 25.2 Å². The maximum atomic E-state index is 12.4. The fraction of sp³-hybridized carbons (Fsp3) is 0.867. The molecular formula is C15H26N2O. The first-order valence-corrected chi connectivity index (χ1v) is 7.26. The minimum Gasteiger partial charge on any atom is -0.356 e. The lowest BCUT2D eigenvalue weighted by Gasteiger charge is -2.29. The van der Waals surface area contributed by atoms with Gasteiger partial charge in [-0.15, -0.1) is 0 Å². The second kappa shape index (κ2) is 7.41. The van der Waals surface area contributed by atoms with Gasteiger partial charge in [0.2, 0.25) is 5.91 Å². The largest absolute Gasteiger partial charge is 0.356 e. The summed E-state index contributed by atoms with van der Waals surface area (Å²) < 4.78 is 0. The molecule has 0 bridgehead atoms. The van der Waals surface area contributed by atoms with Crippen molar-refractivity contribution in [1.82, 2.24) is 5.32 Å². The average Bonchev–Trinajstić information content (AvgIpc) is 2.77. The van der Waals surface area contributed by atoms with Crippen molar-refractivity contribution in [3.63, 3.8) is 0 Å². The molecule has 1 saturated carbocycles. The molecule has 3 nitrogen and oxygen atoms in total. The van der Waals surface area contributed by atoms with Crippen LogP contribution in [0.15, 0.2) is 0 Å². The highest BCUT2D eigenvalue weighted by Gasteiger charge is 2.40. The summed E-state index contributed by atoms with van der Waals surface area (Å²) in [6, 6.07) is 2.13. The summed E-state index contributed by atoms with van der Waals surface area (Å²) in [6.07, 6.45) is 7.88. The summed E-state index contributed by atoms with van der Waals surface area (Å²) in [7, 11) is 0. The fourth-order valence-electron chi connectivity index (χ4n) is 3.08. The van der Waals surface area contributed by atoms with Crippen LogP contribution in [-0.4, -0.2) is 12.5 Å². The van der Waals surface area contributed by atoms with Crippen molar-refractivity contribution >= 4 is 5.91 Å². The Morgan fingerprint density at radius 1 is 1.33 bits per heavy atom. The number of hydrogen-bond acceptors (Lipinski definition) is 2. The molecule has 0 heterocycles. The zero-order valence-corrected chi connectivity index (χ0v) is 11.8. The van der Waals surface area contributed by atoms with Crippen molar-refractivity contribution in [2.24, 2.45) is 11.3 Å². The van der Waals surface area contributed by atoms with Gasteiger partial charge < -0.3 is 5.32 Å². The van der Waals surface area contributed by atoms with E-state index < -0.39 is 0 Å². The second-order valence-electron chi connectivity index (χ2n) is 5.96. The molecule has 0 aromatic rings. The summed E-state index contributed by atoms with van der Waals surface area (Å²) in [6.45, 7) is 5.11. The highest BCUT2D eigenvalue weighted by atomic mass is 16.2. The zero-order chi connectivity index (χ0) is 13.4.